The first kappa shape index (κ1) is 13.5. The van der Waals surface area contributed by atoms with E-state index in [0.29, 0.717) is 6.07 Å². The Morgan fingerprint density at radius 2 is 1.71 bits per heavy atom. The summed E-state index contributed by atoms with van der Waals surface area (Å²) in [6, 6.07) is 2.65. The zero-order valence-corrected chi connectivity index (χ0v) is 9.72. The summed E-state index contributed by atoms with van der Waals surface area (Å²) in [5.74, 6) is -1.12. The highest BCUT2D eigenvalue weighted by Crippen LogP contribution is 2.36. The zero-order chi connectivity index (χ0) is 13.4. The van der Waals surface area contributed by atoms with Crippen LogP contribution >= 0.6 is 0 Å². The summed E-state index contributed by atoms with van der Waals surface area (Å²) >= 11 is 0. The van der Waals surface area contributed by atoms with Crippen molar-refractivity contribution >= 4 is 5.78 Å². The van der Waals surface area contributed by atoms with Gasteiger partial charge in [0.25, 0.3) is 0 Å². The van der Waals surface area contributed by atoms with Crippen molar-refractivity contribution in [1.29, 1.82) is 0 Å². The maximum absolute atomic E-state index is 12.7. The Morgan fingerprint density at radius 3 is 2.12 bits per heavy atom. The third-order valence-electron chi connectivity index (χ3n) is 2.23. The lowest BCUT2D eigenvalue weighted by molar-refractivity contribution is -0.138. The lowest BCUT2D eigenvalue weighted by atomic mass is 9.84. The predicted octanol–water partition coefficient (Wildman–Crippen LogP) is 3.64. The maximum atomic E-state index is 12.7. The maximum Gasteiger partial charge on any atom is 0.417 e. The second-order valence-electron chi connectivity index (χ2n) is 4.81. The number of phenols is 1. The largest absolute Gasteiger partial charge is 0.508 e. The van der Waals surface area contributed by atoms with Gasteiger partial charge in [0.2, 0.25) is 0 Å². The zero-order valence-electron chi connectivity index (χ0n) is 9.72. The highest BCUT2D eigenvalue weighted by Gasteiger charge is 2.37. The van der Waals surface area contributed by atoms with E-state index in [1.807, 2.05) is 0 Å². The number of halogens is 3. The van der Waals surface area contributed by atoms with Crippen molar-refractivity contribution in [3.05, 3.63) is 29.3 Å². The molecule has 1 N–H and O–H groups in total. The quantitative estimate of drug-likeness (QED) is 0.768. The van der Waals surface area contributed by atoms with Crippen LogP contribution in [0, 0.1) is 5.41 Å². The van der Waals surface area contributed by atoms with Crippen LogP contribution in [0.5, 0.6) is 5.75 Å². The van der Waals surface area contributed by atoms with E-state index in [0.717, 1.165) is 12.1 Å². The van der Waals surface area contributed by atoms with E-state index < -0.39 is 34.3 Å². The average Bonchev–Trinajstić information content (AvgIpc) is 2.14. The van der Waals surface area contributed by atoms with Crippen LogP contribution in [0.15, 0.2) is 18.2 Å². The highest BCUT2D eigenvalue weighted by atomic mass is 19.4. The number of alkyl halides is 3. The first-order chi connectivity index (χ1) is 7.53. The molecule has 1 aromatic carbocycles. The van der Waals surface area contributed by atoms with E-state index in [1.165, 1.54) is 0 Å². The number of carbonyl (C=O) groups excluding carboxylic acids is 1. The van der Waals surface area contributed by atoms with Crippen LogP contribution in [-0.4, -0.2) is 10.9 Å². The Hall–Kier alpha value is -1.52. The number of phenolic OH excluding ortho intramolecular Hbond substituents is 1. The van der Waals surface area contributed by atoms with E-state index in [9.17, 15) is 18.0 Å². The molecule has 1 rings (SSSR count). The molecule has 2 nitrogen and oxygen atoms in total. The molecule has 0 spiro atoms. The van der Waals surface area contributed by atoms with Gasteiger partial charge in [-0.2, -0.15) is 13.2 Å². The van der Waals surface area contributed by atoms with Gasteiger partial charge in [-0.25, -0.2) is 0 Å². The summed E-state index contributed by atoms with van der Waals surface area (Å²) in [6.45, 7) is 4.63. The van der Waals surface area contributed by atoms with Gasteiger partial charge in [-0.3, -0.25) is 4.79 Å². The van der Waals surface area contributed by atoms with Gasteiger partial charge in [0, 0.05) is 11.0 Å². The summed E-state index contributed by atoms with van der Waals surface area (Å²) in [5, 5.41) is 9.07. The average molecular weight is 246 g/mol. The van der Waals surface area contributed by atoms with Crippen molar-refractivity contribution in [2.75, 3.05) is 0 Å². The van der Waals surface area contributed by atoms with Crippen molar-refractivity contribution in [1.82, 2.24) is 0 Å². The molecular weight excluding hydrogens is 233 g/mol. The van der Waals surface area contributed by atoms with Gasteiger partial charge in [-0.15, -0.1) is 0 Å². The van der Waals surface area contributed by atoms with Gasteiger partial charge in [-0.1, -0.05) is 20.8 Å². The van der Waals surface area contributed by atoms with Crippen LogP contribution in [0.3, 0.4) is 0 Å². The van der Waals surface area contributed by atoms with Gasteiger partial charge in [0.1, 0.15) is 5.75 Å². The van der Waals surface area contributed by atoms with Crippen LogP contribution in [0.4, 0.5) is 13.2 Å². The number of rotatable bonds is 1. The van der Waals surface area contributed by atoms with E-state index in [4.69, 9.17) is 5.11 Å². The van der Waals surface area contributed by atoms with Crippen LogP contribution < -0.4 is 0 Å². The molecule has 0 saturated heterocycles. The van der Waals surface area contributed by atoms with Gasteiger partial charge < -0.3 is 5.11 Å². The second-order valence-corrected chi connectivity index (χ2v) is 4.81. The number of Topliss-reactive ketones (excluding diaryl/α,β-unsaturated/α-hetero) is 1. The van der Waals surface area contributed by atoms with Crippen LogP contribution in [0.25, 0.3) is 0 Å². The van der Waals surface area contributed by atoms with Crippen molar-refractivity contribution in [2.45, 2.75) is 26.9 Å². The van der Waals surface area contributed by atoms with E-state index >= 15 is 0 Å². The molecule has 5 heteroatoms. The number of hydrogen-bond donors (Lipinski definition) is 1. The summed E-state index contributed by atoms with van der Waals surface area (Å²) < 4.78 is 38.1. The molecule has 0 fully saturated rings. The Bertz CT molecular complexity index is 442. The lowest BCUT2D eigenvalue weighted by Crippen LogP contribution is -2.23. The molecule has 1 aromatic rings. The fourth-order valence-electron chi connectivity index (χ4n) is 1.37. The summed E-state index contributed by atoms with van der Waals surface area (Å²) in [6.07, 6.45) is -4.66. The van der Waals surface area contributed by atoms with Gasteiger partial charge >= 0.3 is 6.18 Å². The third-order valence-corrected chi connectivity index (χ3v) is 2.23. The fraction of sp³-hybridized carbons (Fsp3) is 0.417. The Kier molecular flexibility index (Phi) is 3.23. The Morgan fingerprint density at radius 1 is 1.18 bits per heavy atom. The molecule has 0 aromatic heterocycles. The normalized spacial score (nSPS) is 12.6. The minimum Gasteiger partial charge on any atom is -0.508 e. The molecule has 94 valence electrons. The van der Waals surface area contributed by atoms with E-state index in [1.54, 1.807) is 20.8 Å². The SMILES string of the molecule is CC(C)(C)C(=O)c1ccc(O)cc1C(F)(F)F. The molecule has 0 radical (unpaired) electrons. The van der Waals surface area contributed by atoms with Crippen molar-refractivity contribution in [2.24, 2.45) is 5.41 Å². The molecule has 0 heterocycles. The number of benzene rings is 1. The van der Waals surface area contributed by atoms with E-state index in [-0.39, 0.29) is 0 Å². The first-order valence-electron chi connectivity index (χ1n) is 4.98. The van der Waals surface area contributed by atoms with Crippen molar-refractivity contribution < 1.29 is 23.1 Å². The summed E-state index contributed by atoms with van der Waals surface area (Å²) in [7, 11) is 0. The number of ketones is 1. The number of carbonyl (C=O) groups is 1. The third kappa shape index (κ3) is 2.99. The summed E-state index contributed by atoms with van der Waals surface area (Å²) in [4.78, 5) is 11.9. The molecule has 0 saturated carbocycles. The van der Waals surface area contributed by atoms with Crippen molar-refractivity contribution in [3.8, 4) is 5.75 Å². The van der Waals surface area contributed by atoms with Crippen LogP contribution in [0.2, 0.25) is 0 Å². The standard InChI is InChI=1S/C12H13F3O2/c1-11(2,3)10(17)8-5-4-7(16)6-9(8)12(13,14)15/h4-6,16H,1-3H3. The molecule has 17 heavy (non-hydrogen) atoms. The minimum absolute atomic E-state index is 0.414. The first-order valence-corrected chi connectivity index (χ1v) is 4.98. The molecule has 0 unspecified atom stereocenters. The molecule has 0 amide bonds. The van der Waals surface area contributed by atoms with Gasteiger partial charge in [0.15, 0.2) is 5.78 Å². The summed E-state index contributed by atoms with van der Waals surface area (Å²) in [5.41, 5.74) is -2.42. The smallest absolute Gasteiger partial charge is 0.417 e. The molecule has 0 atom stereocenters. The van der Waals surface area contributed by atoms with E-state index in [2.05, 4.69) is 0 Å². The minimum atomic E-state index is -4.66. The topological polar surface area (TPSA) is 37.3 Å². The van der Waals surface area contributed by atoms with Crippen LogP contribution in [-0.2, 0) is 6.18 Å². The fourth-order valence-corrected chi connectivity index (χ4v) is 1.37. The Labute approximate surface area is 97.1 Å². The molecular formula is C12H13F3O2. The highest BCUT2D eigenvalue weighted by molar-refractivity contribution is 6.01. The van der Waals surface area contributed by atoms with Gasteiger partial charge in [0.05, 0.1) is 5.56 Å². The van der Waals surface area contributed by atoms with Crippen LogP contribution in [0.1, 0.15) is 36.7 Å². The predicted molar refractivity (Wildman–Crippen MR) is 56.9 cm³/mol. The second kappa shape index (κ2) is 4.05. The molecule has 0 aliphatic heterocycles. The number of hydrogen-bond acceptors (Lipinski definition) is 2. The monoisotopic (exact) mass is 246 g/mol. The van der Waals surface area contributed by atoms with Crippen molar-refractivity contribution in [3.63, 3.8) is 0 Å². The lowest BCUT2D eigenvalue weighted by Gasteiger charge is -2.20. The molecule has 0 aliphatic rings. The Balaban J connectivity index is 3.40. The van der Waals surface area contributed by atoms with Gasteiger partial charge in [-0.05, 0) is 18.2 Å². The number of aromatic hydroxyl groups is 1. The molecule has 0 bridgehead atoms. The molecule has 0 aliphatic carbocycles.